The first-order valence-electron chi connectivity index (χ1n) is 9.37. The van der Waals surface area contributed by atoms with Gasteiger partial charge >= 0.3 is 5.97 Å². The Morgan fingerprint density at radius 2 is 2.00 bits per heavy atom. The molecule has 0 radical (unpaired) electrons. The maximum absolute atomic E-state index is 12.9. The van der Waals surface area contributed by atoms with Gasteiger partial charge in [0.25, 0.3) is 0 Å². The zero-order chi connectivity index (χ0) is 18.4. The fourth-order valence-corrected chi connectivity index (χ4v) is 5.16. The van der Waals surface area contributed by atoms with Crippen molar-refractivity contribution in [2.24, 2.45) is 0 Å². The number of anilines is 1. The molecule has 3 aromatic rings. The fourth-order valence-electron chi connectivity index (χ4n) is 4.00. The number of esters is 1. The van der Waals surface area contributed by atoms with E-state index >= 15 is 0 Å². The summed E-state index contributed by atoms with van der Waals surface area (Å²) in [7, 11) is 0. The Morgan fingerprint density at radius 3 is 2.81 bits per heavy atom. The molecule has 1 aromatic heterocycles. The van der Waals surface area contributed by atoms with Crippen LogP contribution in [-0.4, -0.2) is 37.1 Å². The summed E-state index contributed by atoms with van der Waals surface area (Å²) < 4.78 is 6.89. The smallest absolute Gasteiger partial charge is 0.321 e. The molecular weight excluding hydrogens is 358 g/mol. The molecule has 0 bridgehead atoms. The quantitative estimate of drug-likeness (QED) is 0.545. The van der Waals surface area contributed by atoms with E-state index < -0.39 is 0 Å². The van der Waals surface area contributed by atoms with E-state index in [1.54, 1.807) is 11.3 Å². The third-order valence-corrected chi connectivity index (χ3v) is 6.63. The highest BCUT2D eigenvalue weighted by atomic mass is 32.1. The van der Waals surface area contributed by atoms with Crippen molar-refractivity contribution in [3.05, 3.63) is 53.0 Å². The lowest BCUT2D eigenvalue weighted by atomic mass is 9.85. The van der Waals surface area contributed by atoms with E-state index in [0.717, 1.165) is 52.7 Å². The monoisotopic (exact) mass is 379 g/mol. The molecule has 1 fully saturated rings. The van der Waals surface area contributed by atoms with Gasteiger partial charge in [-0.3, -0.25) is 4.79 Å². The zero-order valence-electron chi connectivity index (χ0n) is 15.1. The van der Waals surface area contributed by atoms with E-state index in [2.05, 4.69) is 29.3 Å². The molecule has 6 heteroatoms. The number of piperazine rings is 1. The van der Waals surface area contributed by atoms with Crippen LogP contribution in [0.25, 0.3) is 10.2 Å². The number of hydrogen-bond donors (Lipinski definition) is 1. The van der Waals surface area contributed by atoms with E-state index in [4.69, 9.17) is 9.72 Å². The van der Waals surface area contributed by atoms with Crippen molar-refractivity contribution < 1.29 is 9.53 Å². The van der Waals surface area contributed by atoms with Gasteiger partial charge in [-0.05, 0) is 23.8 Å². The number of ether oxygens (including phenoxy) is 1. The minimum atomic E-state index is -0.347. The molecule has 2 atom stereocenters. The maximum Gasteiger partial charge on any atom is 0.321 e. The Bertz CT molecular complexity index is 977. The Morgan fingerprint density at radius 1 is 1.19 bits per heavy atom. The van der Waals surface area contributed by atoms with Crippen LogP contribution in [0.15, 0.2) is 42.5 Å². The summed E-state index contributed by atoms with van der Waals surface area (Å²) in [5.41, 5.74) is 3.14. The standard InChI is InChI=1S/C21H21N3O2S/c1-13-15-7-6-14(24-10-8-22-9-11-24)12-17(15)26-21(25)19(13)20-23-16-4-2-3-5-18(16)27-20/h2-7,12-13,19,22H,8-11H2,1H3. The van der Waals surface area contributed by atoms with Crippen LogP contribution in [0.4, 0.5) is 5.69 Å². The van der Waals surface area contributed by atoms with Crippen molar-refractivity contribution in [3.8, 4) is 5.75 Å². The molecule has 138 valence electrons. The first-order chi connectivity index (χ1) is 13.2. The predicted molar refractivity (Wildman–Crippen MR) is 108 cm³/mol. The average molecular weight is 379 g/mol. The SMILES string of the molecule is CC1c2ccc(N3CCNCC3)cc2OC(=O)C1c1nc2ccccc2s1. The van der Waals surface area contributed by atoms with E-state index in [1.165, 1.54) is 0 Å². The number of carbonyl (C=O) groups excluding carboxylic acids is 1. The molecule has 5 nitrogen and oxygen atoms in total. The lowest BCUT2D eigenvalue weighted by Crippen LogP contribution is -2.43. The second kappa shape index (κ2) is 6.62. The number of aromatic nitrogens is 1. The van der Waals surface area contributed by atoms with E-state index in [9.17, 15) is 4.79 Å². The number of para-hydroxylation sites is 1. The molecule has 1 saturated heterocycles. The molecule has 0 saturated carbocycles. The normalized spacial score (nSPS) is 22.6. The van der Waals surface area contributed by atoms with Gasteiger partial charge in [-0.1, -0.05) is 25.1 Å². The molecule has 2 aliphatic heterocycles. The molecule has 5 rings (SSSR count). The summed E-state index contributed by atoms with van der Waals surface area (Å²) in [6, 6.07) is 14.3. The molecule has 2 aromatic carbocycles. The summed E-state index contributed by atoms with van der Waals surface area (Å²) in [6.45, 7) is 5.99. The summed E-state index contributed by atoms with van der Waals surface area (Å²) >= 11 is 1.58. The van der Waals surface area contributed by atoms with E-state index in [-0.39, 0.29) is 17.8 Å². The highest BCUT2D eigenvalue weighted by Gasteiger charge is 2.38. The molecule has 2 aliphatic rings. The van der Waals surface area contributed by atoms with Crippen molar-refractivity contribution in [1.29, 1.82) is 0 Å². The number of nitrogens with zero attached hydrogens (tertiary/aromatic N) is 2. The maximum atomic E-state index is 12.9. The Hall–Kier alpha value is -2.44. The number of rotatable bonds is 2. The summed E-state index contributed by atoms with van der Waals surface area (Å²) in [5.74, 6) is 0.186. The number of thiazole rings is 1. The van der Waals surface area contributed by atoms with Crippen LogP contribution in [0, 0.1) is 0 Å². The van der Waals surface area contributed by atoms with Gasteiger partial charge in [0.1, 0.15) is 16.7 Å². The highest BCUT2D eigenvalue weighted by Crippen LogP contribution is 2.45. The topological polar surface area (TPSA) is 54.5 Å². The van der Waals surface area contributed by atoms with Crippen LogP contribution >= 0.6 is 11.3 Å². The van der Waals surface area contributed by atoms with Crippen LogP contribution in [-0.2, 0) is 4.79 Å². The molecular formula is C21H21N3O2S. The predicted octanol–water partition coefficient (Wildman–Crippen LogP) is 3.51. The fraction of sp³-hybridized carbons (Fsp3) is 0.333. The molecule has 1 N–H and O–H groups in total. The summed E-state index contributed by atoms with van der Waals surface area (Å²) in [6.07, 6.45) is 0. The van der Waals surface area contributed by atoms with Crippen molar-refractivity contribution in [3.63, 3.8) is 0 Å². The molecule has 0 amide bonds. The van der Waals surface area contributed by atoms with Gasteiger partial charge in [0.05, 0.1) is 10.2 Å². The lowest BCUT2D eigenvalue weighted by Gasteiger charge is -2.32. The summed E-state index contributed by atoms with van der Waals surface area (Å²) in [4.78, 5) is 19.9. The third-order valence-electron chi connectivity index (χ3n) is 5.51. The van der Waals surface area contributed by atoms with Crippen LogP contribution in [0.1, 0.15) is 29.3 Å². The number of fused-ring (bicyclic) bond motifs is 2. The molecule has 3 heterocycles. The van der Waals surface area contributed by atoms with Gasteiger partial charge in [-0.2, -0.15) is 0 Å². The summed E-state index contributed by atoms with van der Waals surface area (Å²) in [5, 5.41) is 4.20. The first kappa shape index (κ1) is 16.7. The largest absolute Gasteiger partial charge is 0.426 e. The average Bonchev–Trinajstić information content (AvgIpc) is 3.12. The number of benzene rings is 2. The third kappa shape index (κ3) is 2.89. The van der Waals surface area contributed by atoms with Gasteiger partial charge in [0.2, 0.25) is 0 Å². The lowest BCUT2D eigenvalue weighted by molar-refractivity contribution is -0.137. The molecule has 0 spiro atoms. The first-order valence-corrected chi connectivity index (χ1v) is 10.2. The number of carbonyl (C=O) groups is 1. The van der Waals surface area contributed by atoms with E-state index in [1.807, 2.05) is 30.3 Å². The number of hydrogen-bond acceptors (Lipinski definition) is 6. The second-order valence-electron chi connectivity index (χ2n) is 7.17. The molecule has 2 unspecified atom stereocenters. The Balaban J connectivity index is 1.49. The van der Waals surface area contributed by atoms with Gasteiger partial charge in [-0.15, -0.1) is 11.3 Å². The van der Waals surface area contributed by atoms with Gasteiger partial charge in [0, 0.05) is 43.9 Å². The van der Waals surface area contributed by atoms with Crippen molar-refractivity contribution in [2.75, 3.05) is 31.1 Å². The van der Waals surface area contributed by atoms with E-state index in [0.29, 0.717) is 5.75 Å². The van der Waals surface area contributed by atoms with Crippen LogP contribution in [0.3, 0.4) is 0 Å². The minimum Gasteiger partial charge on any atom is -0.426 e. The van der Waals surface area contributed by atoms with Crippen LogP contribution in [0.5, 0.6) is 5.75 Å². The second-order valence-corrected chi connectivity index (χ2v) is 8.23. The minimum absolute atomic E-state index is 0.0406. The Labute approximate surface area is 162 Å². The van der Waals surface area contributed by atoms with Gasteiger partial charge in [-0.25, -0.2) is 4.98 Å². The van der Waals surface area contributed by atoms with Crippen molar-refractivity contribution in [2.45, 2.75) is 18.8 Å². The molecule has 0 aliphatic carbocycles. The van der Waals surface area contributed by atoms with Crippen LogP contribution < -0.4 is 15.0 Å². The highest BCUT2D eigenvalue weighted by molar-refractivity contribution is 7.18. The van der Waals surface area contributed by atoms with Crippen molar-refractivity contribution >= 4 is 33.2 Å². The number of nitrogens with one attached hydrogen (secondary N) is 1. The van der Waals surface area contributed by atoms with Crippen LogP contribution in [0.2, 0.25) is 0 Å². The Kier molecular flexibility index (Phi) is 4.10. The van der Waals surface area contributed by atoms with Crippen molar-refractivity contribution in [1.82, 2.24) is 10.3 Å². The van der Waals surface area contributed by atoms with Gasteiger partial charge < -0.3 is 15.0 Å². The molecule has 27 heavy (non-hydrogen) atoms. The van der Waals surface area contributed by atoms with Gasteiger partial charge in [0.15, 0.2) is 0 Å². The zero-order valence-corrected chi connectivity index (χ0v) is 16.0.